The highest BCUT2D eigenvalue weighted by Gasteiger charge is 2.45. The molecule has 0 aromatic carbocycles. The van der Waals surface area contributed by atoms with Crippen molar-refractivity contribution in [2.75, 3.05) is 19.6 Å². The quantitative estimate of drug-likeness (QED) is 0.674. The molecule has 0 spiro atoms. The Morgan fingerprint density at radius 2 is 2.22 bits per heavy atom. The zero-order valence-corrected chi connectivity index (χ0v) is 10.8. The predicted molar refractivity (Wildman–Crippen MR) is 66.8 cm³/mol. The van der Waals surface area contributed by atoms with Gasteiger partial charge in [0, 0.05) is 13.1 Å². The SMILES string of the molecule is CC1CCNC1C(=O)N1CCCC2C(=O)NCC21. The Balaban J connectivity index is 1.75. The van der Waals surface area contributed by atoms with Crippen LogP contribution in [0.3, 0.4) is 0 Å². The third-order valence-electron chi connectivity index (χ3n) is 4.68. The Kier molecular flexibility index (Phi) is 3.01. The Labute approximate surface area is 107 Å². The zero-order valence-electron chi connectivity index (χ0n) is 10.8. The molecular weight excluding hydrogens is 230 g/mol. The van der Waals surface area contributed by atoms with Crippen LogP contribution < -0.4 is 10.6 Å². The fraction of sp³-hybridized carbons (Fsp3) is 0.846. The lowest BCUT2D eigenvalue weighted by Crippen LogP contribution is -2.54. The minimum atomic E-state index is -0.0422. The van der Waals surface area contributed by atoms with E-state index in [1.165, 1.54) is 0 Å². The summed E-state index contributed by atoms with van der Waals surface area (Å²) in [6.07, 6.45) is 2.94. The highest BCUT2D eigenvalue weighted by atomic mass is 16.2. The van der Waals surface area contributed by atoms with Crippen LogP contribution in [0.5, 0.6) is 0 Å². The van der Waals surface area contributed by atoms with Crippen LogP contribution in [0.15, 0.2) is 0 Å². The summed E-state index contributed by atoms with van der Waals surface area (Å²) >= 11 is 0. The number of piperidine rings is 1. The van der Waals surface area contributed by atoms with Crippen LogP contribution in [-0.2, 0) is 9.59 Å². The van der Waals surface area contributed by atoms with E-state index in [0.29, 0.717) is 12.5 Å². The van der Waals surface area contributed by atoms with E-state index in [9.17, 15) is 9.59 Å². The molecule has 2 N–H and O–H groups in total. The number of likely N-dealkylation sites (tertiary alicyclic amines) is 1. The smallest absolute Gasteiger partial charge is 0.240 e. The van der Waals surface area contributed by atoms with Crippen molar-refractivity contribution in [1.82, 2.24) is 15.5 Å². The van der Waals surface area contributed by atoms with Gasteiger partial charge < -0.3 is 15.5 Å². The van der Waals surface area contributed by atoms with E-state index in [2.05, 4.69) is 17.6 Å². The number of carbonyl (C=O) groups is 2. The van der Waals surface area contributed by atoms with Crippen LogP contribution in [0.4, 0.5) is 0 Å². The molecule has 5 nitrogen and oxygen atoms in total. The number of rotatable bonds is 1. The number of fused-ring (bicyclic) bond motifs is 1. The van der Waals surface area contributed by atoms with Gasteiger partial charge >= 0.3 is 0 Å². The highest BCUT2D eigenvalue weighted by Crippen LogP contribution is 2.29. The summed E-state index contributed by atoms with van der Waals surface area (Å²) < 4.78 is 0. The molecule has 0 bridgehead atoms. The van der Waals surface area contributed by atoms with Crippen LogP contribution >= 0.6 is 0 Å². The van der Waals surface area contributed by atoms with Crippen molar-refractivity contribution >= 4 is 11.8 Å². The molecular formula is C13H21N3O2. The first kappa shape index (κ1) is 12.0. The van der Waals surface area contributed by atoms with Crippen LogP contribution in [0, 0.1) is 11.8 Å². The molecule has 0 saturated carbocycles. The summed E-state index contributed by atoms with van der Waals surface area (Å²) in [7, 11) is 0. The molecule has 3 aliphatic rings. The molecule has 0 radical (unpaired) electrons. The topological polar surface area (TPSA) is 61.4 Å². The van der Waals surface area contributed by atoms with Crippen molar-refractivity contribution in [3.8, 4) is 0 Å². The minimum Gasteiger partial charge on any atom is -0.354 e. The molecule has 0 aromatic heterocycles. The molecule has 3 rings (SSSR count). The molecule has 4 unspecified atom stereocenters. The number of carbonyl (C=O) groups excluding carboxylic acids is 2. The monoisotopic (exact) mass is 251 g/mol. The van der Waals surface area contributed by atoms with Crippen LogP contribution in [0.1, 0.15) is 26.2 Å². The molecule has 3 fully saturated rings. The van der Waals surface area contributed by atoms with E-state index in [1.54, 1.807) is 0 Å². The summed E-state index contributed by atoms with van der Waals surface area (Å²) in [5.41, 5.74) is 0. The lowest BCUT2D eigenvalue weighted by atomic mass is 9.90. The first-order chi connectivity index (χ1) is 8.68. The van der Waals surface area contributed by atoms with E-state index in [-0.39, 0.29) is 29.8 Å². The second kappa shape index (κ2) is 4.53. The number of nitrogens with zero attached hydrogens (tertiary/aromatic N) is 1. The Morgan fingerprint density at radius 1 is 1.39 bits per heavy atom. The van der Waals surface area contributed by atoms with Gasteiger partial charge in [0.15, 0.2) is 0 Å². The molecule has 100 valence electrons. The standard InChI is InChI=1S/C13H21N3O2/c1-8-4-5-14-11(8)13(18)16-6-2-3-9-10(16)7-15-12(9)17/h8-11,14H,2-7H2,1H3,(H,15,17). The molecule has 0 aliphatic carbocycles. The number of hydrogen-bond acceptors (Lipinski definition) is 3. The van der Waals surface area contributed by atoms with Gasteiger partial charge in [0.05, 0.1) is 18.0 Å². The lowest BCUT2D eigenvalue weighted by Gasteiger charge is -2.38. The van der Waals surface area contributed by atoms with Gasteiger partial charge in [0.25, 0.3) is 0 Å². The van der Waals surface area contributed by atoms with Crippen molar-refractivity contribution in [1.29, 1.82) is 0 Å². The van der Waals surface area contributed by atoms with E-state index >= 15 is 0 Å². The van der Waals surface area contributed by atoms with Crippen molar-refractivity contribution in [3.05, 3.63) is 0 Å². The summed E-state index contributed by atoms with van der Waals surface area (Å²) in [6.45, 7) is 4.49. The molecule has 5 heteroatoms. The van der Waals surface area contributed by atoms with Crippen LogP contribution in [-0.4, -0.2) is 48.4 Å². The molecule has 0 aromatic rings. The summed E-state index contributed by atoms with van der Waals surface area (Å²) in [6, 6.07) is 0.0489. The largest absolute Gasteiger partial charge is 0.354 e. The van der Waals surface area contributed by atoms with E-state index in [4.69, 9.17) is 0 Å². The molecule has 18 heavy (non-hydrogen) atoms. The Hall–Kier alpha value is -1.10. The molecule has 4 atom stereocenters. The van der Waals surface area contributed by atoms with E-state index in [1.807, 2.05) is 4.90 Å². The van der Waals surface area contributed by atoms with Gasteiger partial charge in [-0.2, -0.15) is 0 Å². The maximum Gasteiger partial charge on any atom is 0.240 e. The van der Waals surface area contributed by atoms with Gasteiger partial charge in [0.2, 0.25) is 11.8 Å². The minimum absolute atomic E-state index is 0.0272. The molecule has 3 saturated heterocycles. The Morgan fingerprint density at radius 3 is 2.94 bits per heavy atom. The van der Waals surface area contributed by atoms with E-state index < -0.39 is 0 Å². The van der Waals surface area contributed by atoms with Gasteiger partial charge in [-0.05, 0) is 31.7 Å². The predicted octanol–water partition coefficient (Wildman–Crippen LogP) is -0.279. The molecule has 3 aliphatic heterocycles. The molecule has 3 heterocycles. The average molecular weight is 251 g/mol. The average Bonchev–Trinajstić information content (AvgIpc) is 2.95. The van der Waals surface area contributed by atoms with Crippen LogP contribution in [0.25, 0.3) is 0 Å². The van der Waals surface area contributed by atoms with E-state index in [0.717, 1.165) is 32.4 Å². The van der Waals surface area contributed by atoms with Crippen molar-refractivity contribution in [3.63, 3.8) is 0 Å². The van der Waals surface area contributed by atoms with Gasteiger partial charge in [-0.1, -0.05) is 6.92 Å². The van der Waals surface area contributed by atoms with Gasteiger partial charge in [-0.15, -0.1) is 0 Å². The van der Waals surface area contributed by atoms with Gasteiger partial charge in [-0.25, -0.2) is 0 Å². The summed E-state index contributed by atoms with van der Waals surface area (Å²) in [5.74, 6) is 0.762. The second-order valence-electron chi connectivity index (χ2n) is 5.79. The maximum atomic E-state index is 12.6. The van der Waals surface area contributed by atoms with Crippen LogP contribution in [0.2, 0.25) is 0 Å². The first-order valence-corrected chi connectivity index (χ1v) is 7.00. The second-order valence-corrected chi connectivity index (χ2v) is 5.79. The zero-order chi connectivity index (χ0) is 12.7. The highest BCUT2D eigenvalue weighted by molar-refractivity contribution is 5.87. The van der Waals surface area contributed by atoms with Gasteiger partial charge in [0.1, 0.15) is 0 Å². The lowest BCUT2D eigenvalue weighted by molar-refractivity contribution is -0.139. The Bertz CT molecular complexity index is 371. The van der Waals surface area contributed by atoms with Crippen molar-refractivity contribution in [2.24, 2.45) is 11.8 Å². The fourth-order valence-electron chi connectivity index (χ4n) is 3.57. The number of hydrogen-bond donors (Lipinski definition) is 2. The number of amides is 2. The number of nitrogens with one attached hydrogen (secondary N) is 2. The first-order valence-electron chi connectivity index (χ1n) is 7.00. The third kappa shape index (κ3) is 1.81. The maximum absolute atomic E-state index is 12.6. The summed E-state index contributed by atoms with van der Waals surface area (Å²) in [5, 5.41) is 6.19. The molecule has 2 amide bonds. The normalized spacial score (nSPS) is 39.6. The van der Waals surface area contributed by atoms with Crippen molar-refractivity contribution in [2.45, 2.75) is 38.3 Å². The third-order valence-corrected chi connectivity index (χ3v) is 4.68. The van der Waals surface area contributed by atoms with Crippen molar-refractivity contribution < 1.29 is 9.59 Å². The fourth-order valence-corrected chi connectivity index (χ4v) is 3.57. The summed E-state index contributed by atoms with van der Waals surface area (Å²) in [4.78, 5) is 26.2. The van der Waals surface area contributed by atoms with Gasteiger partial charge in [-0.3, -0.25) is 9.59 Å².